The number of rotatable bonds is 15. The summed E-state index contributed by atoms with van der Waals surface area (Å²) in [7, 11) is 0. The maximum absolute atomic E-state index is 5.89. The van der Waals surface area contributed by atoms with E-state index in [9.17, 15) is 0 Å². The lowest BCUT2D eigenvalue weighted by Gasteiger charge is -2.15. The zero-order valence-corrected chi connectivity index (χ0v) is 25.9. The number of anilines is 2. The first kappa shape index (κ1) is 29.5. The Morgan fingerprint density at radius 1 is 0.477 bits per heavy atom. The van der Waals surface area contributed by atoms with Crippen LogP contribution < -0.4 is 20.1 Å². The molecule has 0 aliphatic heterocycles. The molecule has 0 atom stereocenters. The van der Waals surface area contributed by atoms with E-state index >= 15 is 0 Å². The smallest absolute Gasteiger partial charge is 0.145 e. The number of benzene rings is 4. The molecule has 0 radical (unpaired) electrons. The molecule has 0 saturated heterocycles. The van der Waals surface area contributed by atoms with Crippen molar-refractivity contribution in [1.29, 1.82) is 0 Å². The van der Waals surface area contributed by atoms with Gasteiger partial charge >= 0.3 is 0 Å². The van der Waals surface area contributed by atoms with E-state index in [4.69, 9.17) is 19.4 Å². The number of pyridine rings is 2. The monoisotopic (exact) mass is 586 g/mol. The maximum atomic E-state index is 5.89. The first-order valence-corrected chi connectivity index (χ1v) is 16.1. The van der Waals surface area contributed by atoms with Gasteiger partial charge in [-0.05, 0) is 51.0 Å². The molecule has 0 aliphatic rings. The number of unbranched alkanes of at least 4 members (excludes halogenated alkanes) is 5. The molecule has 2 heterocycles. The van der Waals surface area contributed by atoms with Gasteiger partial charge in [0, 0.05) is 34.6 Å². The Balaban J connectivity index is 1.00. The van der Waals surface area contributed by atoms with Crippen LogP contribution in [-0.4, -0.2) is 36.3 Å². The number of aromatic nitrogens is 2. The van der Waals surface area contributed by atoms with Crippen LogP contribution in [0.1, 0.15) is 52.4 Å². The molecule has 2 N–H and O–H groups in total. The fourth-order valence-electron chi connectivity index (χ4n) is 6.08. The van der Waals surface area contributed by atoms with Crippen LogP contribution in [0.4, 0.5) is 11.4 Å². The van der Waals surface area contributed by atoms with Crippen molar-refractivity contribution in [2.75, 3.05) is 36.9 Å². The highest BCUT2D eigenvalue weighted by Gasteiger charge is 2.13. The van der Waals surface area contributed by atoms with E-state index < -0.39 is 0 Å². The van der Waals surface area contributed by atoms with Crippen LogP contribution in [0.3, 0.4) is 0 Å². The molecule has 0 aliphatic carbocycles. The third-order valence-corrected chi connectivity index (χ3v) is 8.15. The molecule has 6 nitrogen and oxygen atoms in total. The number of nitrogens with zero attached hydrogens (tertiary/aromatic N) is 2. The molecule has 0 fully saturated rings. The van der Waals surface area contributed by atoms with Crippen molar-refractivity contribution in [1.82, 2.24) is 9.97 Å². The molecule has 6 heteroatoms. The quantitative estimate of drug-likeness (QED) is 0.0922. The maximum Gasteiger partial charge on any atom is 0.145 e. The molecule has 0 unspecified atom stereocenters. The van der Waals surface area contributed by atoms with Crippen LogP contribution in [0.25, 0.3) is 43.6 Å². The van der Waals surface area contributed by atoms with Gasteiger partial charge in [-0.25, -0.2) is 9.97 Å². The minimum absolute atomic E-state index is 0.624. The van der Waals surface area contributed by atoms with Gasteiger partial charge in [0.1, 0.15) is 22.5 Å². The highest BCUT2D eigenvalue weighted by atomic mass is 16.5. The van der Waals surface area contributed by atoms with Crippen LogP contribution in [-0.2, 0) is 0 Å². The molecular weight excluding hydrogens is 544 g/mol. The predicted octanol–water partition coefficient (Wildman–Crippen LogP) is 9.75. The van der Waals surface area contributed by atoms with Gasteiger partial charge in [0.05, 0.1) is 35.6 Å². The molecule has 0 saturated carbocycles. The summed E-state index contributed by atoms with van der Waals surface area (Å²) in [4.78, 5) is 9.86. The van der Waals surface area contributed by atoms with Crippen molar-refractivity contribution in [3.63, 3.8) is 0 Å². The van der Waals surface area contributed by atoms with Gasteiger partial charge in [-0.15, -0.1) is 0 Å². The minimum Gasteiger partial charge on any atom is -0.492 e. The number of ether oxygens (including phenoxy) is 2. The van der Waals surface area contributed by atoms with Gasteiger partial charge < -0.3 is 20.1 Å². The lowest BCUT2D eigenvalue weighted by Crippen LogP contribution is -2.05. The Labute approximate surface area is 259 Å². The fourth-order valence-corrected chi connectivity index (χ4v) is 6.08. The van der Waals surface area contributed by atoms with E-state index in [0.29, 0.717) is 13.2 Å². The Hall–Kier alpha value is -4.58. The lowest BCUT2D eigenvalue weighted by molar-refractivity contribution is 0.343. The molecule has 4 aromatic carbocycles. The first-order valence-electron chi connectivity index (χ1n) is 16.1. The van der Waals surface area contributed by atoms with Crippen molar-refractivity contribution in [2.45, 2.75) is 52.4 Å². The molecule has 0 bridgehead atoms. The standard InChI is InChI=1S/C38H42N4O2/c1-3-43-33-23-15-19-29-35(27-17-9-11-21-31(27)41-37(29)33)39-25-13-7-5-6-8-14-26-40-36-28-18-10-12-22-32(28)42-38-30(36)20-16-24-34(38)44-4-2/h9-12,15-24H,3-8,13-14,25-26H2,1-2H3,(H,39,41)(H,40,42). The highest BCUT2D eigenvalue weighted by Crippen LogP contribution is 2.36. The molecule has 6 aromatic rings. The van der Waals surface area contributed by atoms with Crippen LogP contribution in [0.5, 0.6) is 11.5 Å². The predicted molar refractivity (Wildman–Crippen MR) is 186 cm³/mol. The molecule has 44 heavy (non-hydrogen) atoms. The summed E-state index contributed by atoms with van der Waals surface area (Å²) in [5, 5.41) is 12.0. The zero-order valence-electron chi connectivity index (χ0n) is 25.9. The van der Waals surface area contributed by atoms with Gasteiger partial charge in [-0.1, -0.05) is 86.3 Å². The lowest BCUT2D eigenvalue weighted by atomic mass is 10.1. The largest absolute Gasteiger partial charge is 0.492 e. The van der Waals surface area contributed by atoms with Crippen LogP contribution in [0.15, 0.2) is 84.9 Å². The van der Waals surface area contributed by atoms with Crippen molar-refractivity contribution in [2.24, 2.45) is 0 Å². The first-order chi connectivity index (χ1) is 21.8. The molecule has 226 valence electrons. The van der Waals surface area contributed by atoms with Crippen LogP contribution >= 0.6 is 0 Å². The molecule has 0 spiro atoms. The van der Waals surface area contributed by atoms with E-state index in [-0.39, 0.29) is 0 Å². The normalized spacial score (nSPS) is 11.4. The molecular formula is C38H42N4O2. The number of hydrogen-bond donors (Lipinski definition) is 2. The van der Waals surface area contributed by atoms with E-state index in [0.717, 1.165) is 92.4 Å². The number of para-hydroxylation sites is 4. The van der Waals surface area contributed by atoms with Gasteiger partial charge in [-0.2, -0.15) is 0 Å². The summed E-state index contributed by atoms with van der Waals surface area (Å²) >= 11 is 0. The van der Waals surface area contributed by atoms with Gasteiger partial charge in [0.2, 0.25) is 0 Å². The number of fused-ring (bicyclic) bond motifs is 4. The Morgan fingerprint density at radius 2 is 0.886 bits per heavy atom. The Morgan fingerprint density at radius 3 is 1.34 bits per heavy atom. The summed E-state index contributed by atoms with van der Waals surface area (Å²) in [6, 6.07) is 29.1. The van der Waals surface area contributed by atoms with Gasteiger partial charge in [0.25, 0.3) is 0 Å². The second-order valence-electron chi connectivity index (χ2n) is 11.2. The molecule has 6 rings (SSSR count). The van der Waals surface area contributed by atoms with Crippen molar-refractivity contribution in [3.05, 3.63) is 84.9 Å². The van der Waals surface area contributed by atoms with Gasteiger partial charge in [0.15, 0.2) is 0 Å². The average molecular weight is 587 g/mol. The second kappa shape index (κ2) is 14.3. The van der Waals surface area contributed by atoms with E-state index in [1.165, 1.54) is 25.7 Å². The third kappa shape index (κ3) is 6.35. The summed E-state index contributed by atoms with van der Waals surface area (Å²) in [6.45, 7) is 7.15. The Kier molecular flexibility index (Phi) is 9.56. The zero-order chi connectivity index (χ0) is 30.1. The van der Waals surface area contributed by atoms with E-state index in [1.807, 2.05) is 38.1 Å². The van der Waals surface area contributed by atoms with Crippen molar-refractivity contribution in [3.8, 4) is 11.5 Å². The molecule has 0 amide bonds. The minimum atomic E-state index is 0.624. The third-order valence-electron chi connectivity index (χ3n) is 8.15. The molecule has 2 aromatic heterocycles. The summed E-state index contributed by atoms with van der Waals surface area (Å²) in [5.41, 5.74) is 6.14. The van der Waals surface area contributed by atoms with Crippen LogP contribution in [0.2, 0.25) is 0 Å². The topological polar surface area (TPSA) is 68.3 Å². The number of nitrogens with one attached hydrogen (secondary N) is 2. The fraction of sp³-hybridized carbons (Fsp3) is 0.316. The van der Waals surface area contributed by atoms with Crippen LogP contribution in [0, 0.1) is 0 Å². The summed E-state index contributed by atoms with van der Waals surface area (Å²) in [6.07, 6.45) is 7.19. The summed E-state index contributed by atoms with van der Waals surface area (Å²) < 4.78 is 11.8. The highest BCUT2D eigenvalue weighted by molar-refractivity contribution is 6.10. The van der Waals surface area contributed by atoms with Crippen molar-refractivity contribution >= 4 is 55.0 Å². The summed E-state index contributed by atoms with van der Waals surface area (Å²) in [5.74, 6) is 1.68. The second-order valence-corrected chi connectivity index (χ2v) is 11.2. The average Bonchev–Trinajstić information content (AvgIpc) is 3.05. The van der Waals surface area contributed by atoms with Gasteiger partial charge in [-0.3, -0.25) is 0 Å². The Bertz CT molecular complexity index is 1730. The van der Waals surface area contributed by atoms with E-state index in [1.54, 1.807) is 0 Å². The van der Waals surface area contributed by atoms with Crippen molar-refractivity contribution < 1.29 is 9.47 Å². The SMILES string of the molecule is CCOc1cccc2c(NCCCCCCCCNc3c4ccccc4nc4c(OCC)cccc34)c3ccccc3nc12. The van der Waals surface area contributed by atoms with E-state index in [2.05, 4.69) is 71.3 Å². The number of hydrogen-bond acceptors (Lipinski definition) is 6.